The zero-order valence-corrected chi connectivity index (χ0v) is 19.3. The fourth-order valence-electron chi connectivity index (χ4n) is 4.64. The molecule has 0 bridgehead atoms. The minimum atomic E-state index is -1.08. The highest BCUT2D eigenvalue weighted by molar-refractivity contribution is 7.85. The molecule has 0 saturated carbocycles. The smallest absolute Gasteiger partial charge is 0.118 e. The predicted octanol–water partition coefficient (Wildman–Crippen LogP) is 5.39. The van der Waals surface area contributed by atoms with Crippen LogP contribution in [-0.2, 0) is 23.8 Å². The quantitative estimate of drug-likeness (QED) is 0.434. The average Bonchev–Trinajstić information content (AvgIpc) is 3.20. The number of aromatic amines is 1. The molecule has 1 aliphatic rings. The van der Waals surface area contributed by atoms with Gasteiger partial charge in [0.2, 0.25) is 0 Å². The lowest BCUT2D eigenvalue weighted by Crippen LogP contribution is -2.37. The highest BCUT2D eigenvalue weighted by Crippen LogP contribution is 2.36. The van der Waals surface area contributed by atoms with E-state index in [9.17, 15) is 4.21 Å². The van der Waals surface area contributed by atoms with E-state index in [4.69, 9.17) is 4.74 Å². The average molecular weight is 445 g/mol. The number of methoxy groups -OCH3 is 1. The summed E-state index contributed by atoms with van der Waals surface area (Å²) in [6.07, 6.45) is 0.989. The molecule has 4 aromatic rings. The van der Waals surface area contributed by atoms with Crippen LogP contribution in [0.25, 0.3) is 10.9 Å². The lowest BCUT2D eigenvalue weighted by Gasteiger charge is -2.35. The van der Waals surface area contributed by atoms with Crippen molar-refractivity contribution in [3.8, 4) is 5.75 Å². The van der Waals surface area contributed by atoms with Crippen LogP contribution in [0, 0.1) is 6.92 Å². The van der Waals surface area contributed by atoms with Gasteiger partial charge >= 0.3 is 0 Å². The number of nitrogens with zero attached hydrogens (tertiary/aromatic N) is 1. The van der Waals surface area contributed by atoms with E-state index < -0.39 is 10.8 Å². The summed E-state index contributed by atoms with van der Waals surface area (Å²) in [7, 11) is 0.604. The van der Waals surface area contributed by atoms with E-state index in [-0.39, 0.29) is 6.04 Å². The third-order valence-electron chi connectivity index (χ3n) is 6.41. The Kier molecular flexibility index (Phi) is 5.85. The number of fused-ring (bicyclic) bond motifs is 3. The Morgan fingerprint density at radius 1 is 1.03 bits per heavy atom. The molecule has 1 N–H and O–H groups in total. The normalized spacial score (nSPS) is 17.2. The Morgan fingerprint density at radius 3 is 2.53 bits per heavy atom. The Balaban J connectivity index is 1.48. The standard InChI is InChI=1S/C27H28N2O2S/c1-19-7-13-22(14-8-19)32(30)18-26-27-24(23-5-3-4-6-25(23)28-27)15-16-29(26)17-20-9-11-21(31-2)12-10-20/h3-14,26,28H,15-18H2,1-2H3/t26-,32?/m0/s1. The number of hydrogen-bond acceptors (Lipinski definition) is 3. The van der Waals surface area contributed by atoms with E-state index in [1.807, 2.05) is 36.4 Å². The summed E-state index contributed by atoms with van der Waals surface area (Å²) in [6.45, 7) is 3.81. The fraction of sp³-hybridized carbons (Fsp3) is 0.259. The summed E-state index contributed by atoms with van der Waals surface area (Å²) in [5.74, 6) is 1.43. The molecule has 0 fully saturated rings. The maximum atomic E-state index is 13.4. The molecule has 32 heavy (non-hydrogen) atoms. The predicted molar refractivity (Wildman–Crippen MR) is 131 cm³/mol. The number of H-pyrrole nitrogens is 1. The van der Waals surface area contributed by atoms with Crippen molar-refractivity contribution in [1.29, 1.82) is 0 Å². The van der Waals surface area contributed by atoms with Gasteiger partial charge in [0.05, 0.1) is 24.0 Å². The molecule has 1 aliphatic heterocycles. The summed E-state index contributed by atoms with van der Waals surface area (Å²) in [4.78, 5) is 7.03. The third-order valence-corrected chi connectivity index (χ3v) is 7.82. The summed E-state index contributed by atoms with van der Waals surface area (Å²) >= 11 is 0. The van der Waals surface area contributed by atoms with Crippen LogP contribution in [0.3, 0.4) is 0 Å². The van der Waals surface area contributed by atoms with Gasteiger partial charge in [-0.2, -0.15) is 0 Å². The van der Waals surface area contributed by atoms with Gasteiger partial charge in [-0.1, -0.05) is 48.0 Å². The molecule has 0 radical (unpaired) electrons. The molecule has 0 amide bonds. The molecule has 4 nitrogen and oxygen atoms in total. The topological polar surface area (TPSA) is 45.3 Å². The molecule has 3 aromatic carbocycles. The summed E-state index contributed by atoms with van der Waals surface area (Å²) < 4.78 is 18.7. The van der Waals surface area contributed by atoms with Crippen molar-refractivity contribution >= 4 is 21.7 Å². The molecule has 1 aromatic heterocycles. The van der Waals surface area contributed by atoms with Gasteiger partial charge < -0.3 is 9.72 Å². The van der Waals surface area contributed by atoms with Gasteiger partial charge in [0.25, 0.3) is 0 Å². The Hall–Kier alpha value is -2.89. The number of benzene rings is 3. The summed E-state index contributed by atoms with van der Waals surface area (Å²) in [5, 5.41) is 1.29. The van der Waals surface area contributed by atoms with Gasteiger partial charge in [-0.3, -0.25) is 9.11 Å². The SMILES string of the molecule is COc1ccc(CN2CCc3c([nH]c4ccccc34)[C@@H]2CS(=O)c2ccc(C)cc2)cc1. The van der Waals surface area contributed by atoms with Gasteiger partial charge in [-0.05, 0) is 54.8 Å². The van der Waals surface area contributed by atoms with Gasteiger partial charge in [0.1, 0.15) is 5.75 Å². The van der Waals surface area contributed by atoms with Crippen LogP contribution >= 0.6 is 0 Å². The Morgan fingerprint density at radius 2 is 1.78 bits per heavy atom. The van der Waals surface area contributed by atoms with Crippen molar-refractivity contribution in [1.82, 2.24) is 9.88 Å². The molecule has 0 saturated heterocycles. The molecule has 5 heteroatoms. The fourth-order valence-corrected chi connectivity index (χ4v) is 5.94. The molecule has 164 valence electrons. The van der Waals surface area contributed by atoms with E-state index >= 15 is 0 Å². The molecule has 2 heterocycles. The minimum Gasteiger partial charge on any atom is -0.497 e. The maximum Gasteiger partial charge on any atom is 0.118 e. The molecular weight excluding hydrogens is 416 g/mol. The number of rotatable bonds is 6. The van der Waals surface area contributed by atoms with Gasteiger partial charge in [-0.15, -0.1) is 0 Å². The number of aryl methyl sites for hydroxylation is 1. The number of ether oxygens (including phenoxy) is 1. The molecule has 5 rings (SSSR count). The minimum absolute atomic E-state index is 0.0652. The van der Waals surface area contributed by atoms with Gasteiger partial charge in [-0.25, -0.2) is 0 Å². The van der Waals surface area contributed by atoms with Crippen LogP contribution in [0.5, 0.6) is 5.75 Å². The second-order valence-corrected chi connectivity index (χ2v) is 9.97. The molecule has 2 atom stereocenters. The van der Waals surface area contributed by atoms with Crippen molar-refractivity contribution in [3.63, 3.8) is 0 Å². The van der Waals surface area contributed by atoms with Crippen LogP contribution in [-0.4, -0.2) is 33.5 Å². The van der Waals surface area contributed by atoms with Crippen molar-refractivity contribution in [2.45, 2.75) is 30.8 Å². The van der Waals surface area contributed by atoms with E-state index in [0.29, 0.717) is 5.75 Å². The molecule has 0 spiro atoms. The van der Waals surface area contributed by atoms with Crippen LogP contribution < -0.4 is 4.74 Å². The Labute approximate surface area is 191 Å². The number of hydrogen-bond donors (Lipinski definition) is 1. The number of nitrogens with one attached hydrogen (secondary N) is 1. The van der Waals surface area contributed by atoms with Crippen LogP contribution in [0.15, 0.2) is 77.7 Å². The first kappa shape index (κ1) is 21.0. The summed E-state index contributed by atoms with van der Waals surface area (Å²) in [6, 6.07) is 24.9. The van der Waals surface area contributed by atoms with E-state index in [1.165, 1.54) is 27.8 Å². The first-order valence-corrected chi connectivity index (χ1v) is 12.4. The van der Waals surface area contributed by atoms with Crippen molar-refractivity contribution in [2.75, 3.05) is 19.4 Å². The summed E-state index contributed by atoms with van der Waals surface area (Å²) in [5.41, 5.74) is 6.16. The van der Waals surface area contributed by atoms with Gasteiger partial charge in [0, 0.05) is 40.3 Å². The second kappa shape index (κ2) is 8.93. The highest BCUT2D eigenvalue weighted by Gasteiger charge is 2.32. The zero-order chi connectivity index (χ0) is 22.1. The van der Waals surface area contributed by atoms with Crippen molar-refractivity contribution in [3.05, 3.63) is 95.2 Å². The van der Waals surface area contributed by atoms with E-state index in [1.54, 1.807) is 7.11 Å². The second-order valence-electron chi connectivity index (χ2n) is 8.47. The number of aromatic nitrogens is 1. The van der Waals surface area contributed by atoms with Crippen LogP contribution in [0.1, 0.15) is 28.4 Å². The first-order chi connectivity index (χ1) is 15.6. The van der Waals surface area contributed by atoms with Gasteiger partial charge in [0.15, 0.2) is 0 Å². The lowest BCUT2D eigenvalue weighted by atomic mass is 9.97. The lowest BCUT2D eigenvalue weighted by molar-refractivity contribution is 0.189. The molecule has 1 unspecified atom stereocenters. The first-order valence-electron chi connectivity index (χ1n) is 11.0. The third kappa shape index (κ3) is 4.10. The van der Waals surface area contributed by atoms with Crippen molar-refractivity contribution in [2.24, 2.45) is 0 Å². The highest BCUT2D eigenvalue weighted by atomic mass is 32.2. The largest absolute Gasteiger partial charge is 0.497 e. The molecule has 0 aliphatic carbocycles. The zero-order valence-electron chi connectivity index (χ0n) is 18.5. The maximum absolute atomic E-state index is 13.4. The Bertz CT molecular complexity index is 1250. The van der Waals surface area contributed by atoms with E-state index in [0.717, 1.165) is 35.7 Å². The van der Waals surface area contributed by atoms with Crippen molar-refractivity contribution < 1.29 is 8.95 Å². The van der Waals surface area contributed by atoms with E-state index in [2.05, 4.69) is 53.2 Å². The monoisotopic (exact) mass is 444 g/mol. The van der Waals surface area contributed by atoms with Crippen LogP contribution in [0.2, 0.25) is 0 Å². The number of para-hydroxylation sites is 1. The molecular formula is C27H28N2O2S. The van der Waals surface area contributed by atoms with Crippen LogP contribution in [0.4, 0.5) is 0 Å².